The average molecular weight is 285 g/mol. The van der Waals surface area contributed by atoms with Gasteiger partial charge in [0.05, 0.1) is 6.54 Å². The molecule has 0 spiro atoms. The first-order chi connectivity index (χ1) is 10.3. The van der Waals surface area contributed by atoms with Crippen LogP contribution in [-0.4, -0.2) is 27.6 Å². The zero-order valence-corrected chi connectivity index (χ0v) is 12.8. The molecule has 5 heteroatoms. The number of aromatic nitrogens is 3. The Kier molecular flexibility index (Phi) is 4.20. The molecule has 0 atom stereocenters. The lowest BCUT2D eigenvalue weighted by molar-refractivity contribution is 0.557. The molecule has 0 fully saturated rings. The van der Waals surface area contributed by atoms with Gasteiger partial charge < -0.3 is 14.8 Å². The molecule has 112 valence electrons. The molecular formula is C16H23N5. The molecule has 0 unspecified atom stereocenters. The highest BCUT2D eigenvalue weighted by Gasteiger charge is 2.19. The van der Waals surface area contributed by atoms with E-state index < -0.39 is 0 Å². The minimum absolute atomic E-state index is 0.872. The van der Waals surface area contributed by atoms with E-state index in [1.165, 1.54) is 11.3 Å². The summed E-state index contributed by atoms with van der Waals surface area (Å²) in [6, 6.07) is 2.20. The van der Waals surface area contributed by atoms with E-state index in [-0.39, 0.29) is 0 Å². The van der Waals surface area contributed by atoms with Crippen LogP contribution in [0, 0.1) is 6.92 Å². The molecular weight excluding hydrogens is 262 g/mol. The fourth-order valence-electron chi connectivity index (χ4n) is 2.78. The molecule has 3 heterocycles. The molecule has 0 saturated heterocycles. The van der Waals surface area contributed by atoms with Gasteiger partial charge in [-0.25, -0.2) is 4.98 Å². The predicted molar refractivity (Wildman–Crippen MR) is 84.2 cm³/mol. The maximum Gasteiger partial charge on any atom is 0.128 e. The SMILES string of the molecule is CCCNCc1cnc(C)cc1N1CCn2ccnc2C1. The Labute approximate surface area is 126 Å². The van der Waals surface area contributed by atoms with Gasteiger partial charge in [-0.3, -0.25) is 4.98 Å². The summed E-state index contributed by atoms with van der Waals surface area (Å²) in [5, 5.41) is 3.48. The summed E-state index contributed by atoms with van der Waals surface area (Å²) in [6.07, 6.45) is 7.11. The Morgan fingerprint density at radius 2 is 2.19 bits per heavy atom. The molecule has 3 rings (SSSR count). The number of fused-ring (bicyclic) bond motifs is 1. The third-order valence-electron chi connectivity index (χ3n) is 3.93. The topological polar surface area (TPSA) is 46.0 Å². The summed E-state index contributed by atoms with van der Waals surface area (Å²) >= 11 is 0. The number of rotatable bonds is 5. The van der Waals surface area contributed by atoms with Crippen LogP contribution in [0.5, 0.6) is 0 Å². The summed E-state index contributed by atoms with van der Waals surface area (Å²) in [6.45, 7) is 9.05. The van der Waals surface area contributed by atoms with E-state index in [1.54, 1.807) is 0 Å². The molecule has 0 aromatic carbocycles. The molecule has 2 aromatic heterocycles. The van der Waals surface area contributed by atoms with Crippen LogP contribution in [0.1, 0.15) is 30.4 Å². The minimum atomic E-state index is 0.872. The summed E-state index contributed by atoms with van der Waals surface area (Å²) in [4.78, 5) is 11.3. The van der Waals surface area contributed by atoms with Crippen molar-refractivity contribution in [1.29, 1.82) is 0 Å². The van der Waals surface area contributed by atoms with E-state index in [0.717, 1.165) is 50.7 Å². The number of nitrogens with one attached hydrogen (secondary N) is 1. The van der Waals surface area contributed by atoms with Gasteiger partial charge in [0.15, 0.2) is 0 Å². The zero-order valence-electron chi connectivity index (χ0n) is 12.8. The van der Waals surface area contributed by atoms with Crippen LogP contribution >= 0.6 is 0 Å². The first kappa shape index (κ1) is 14.1. The van der Waals surface area contributed by atoms with Crippen molar-refractivity contribution in [3.05, 3.63) is 41.7 Å². The Balaban J connectivity index is 1.82. The summed E-state index contributed by atoms with van der Waals surface area (Å²) in [5.74, 6) is 1.14. The molecule has 0 saturated carbocycles. The molecule has 0 aliphatic carbocycles. The predicted octanol–water partition coefficient (Wildman–Crippen LogP) is 2.11. The molecule has 5 nitrogen and oxygen atoms in total. The highest BCUT2D eigenvalue weighted by Crippen LogP contribution is 2.24. The first-order valence-corrected chi connectivity index (χ1v) is 7.69. The van der Waals surface area contributed by atoms with E-state index in [4.69, 9.17) is 0 Å². The number of nitrogens with zero attached hydrogens (tertiary/aromatic N) is 4. The number of anilines is 1. The third kappa shape index (κ3) is 3.08. The van der Waals surface area contributed by atoms with Crippen LogP contribution in [-0.2, 0) is 19.6 Å². The van der Waals surface area contributed by atoms with Gasteiger partial charge in [-0.15, -0.1) is 0 Å². The largest absolute Gasteiger partial charge is 0.362 e. The second-order valence-corrected chi connectivity index (χ2v) is 5.59. The molecule has 0 radical (unpaired) electrons. The molecule has 1 aliphatic rings. The fraction of sp³-hybridized carbons (Fsp3) is 0.500. The first-order valence-electron chi connectivity index (χ1n) is 7.69. The molecule has 2 aromatic rings. The minimum Gasteiger partial charge on any atom is -0.362 e. The van der Waals surface area contributed by atoms with Gasteiger partial charge in [-0.2, -0.15) is 0 Å². The quantitative estimate of drug-likeness (QED) is 0.855. The van der Waals surface area contributed by atoms with E-state index in [1.807, 2.05) is 12.4 Å². The van der Waals surface area contributed by atoms with E-state index in [0.29, 0.717) is 0 Å². The van der Waals surface area contributed by atoms with Gasteiger partial charge in [0.2, 0.25) is 0 Å². The maximum absolute atomic E-state index is 4.46. The molecule has 0 bridgehead atoms. The second-order valence-electron chi connectivity index (χ2n) is 5.59. The standard InChI is InChI=1S/C16H23N5/c1-3-4-17-10-14-11-19-13(2)9-15(14)21-8-7-20-6-5-18-16(20)12-21/h5-6,9,11,17H,3-4,7-8,10,12H2,1-2H3. The Hall–Kier alpha value is -1.88. The van der Waals surface area contributed by atoms with Crippen molar-refractivity contribution >= 4 is 5.69 Å². The summed E-state index contributed by atoms with van der Waals surface area (Å²) in [5.41, 5.74) is 3.63. The van der Waals surface area contributed by atoms with Gasteiger partial charge in [-0.1, -0.05) is 6.92 Å². The summed E-state index contributed by atoms with van der Waals surface area (Å²) < 4.78 is 2.24. The lowest BCUT2D eigenvalue weighted by Crippen LogP contribution is -2.34. The van der Waals surface area contributed by atoms with Crippen LogP contribution in [0.15, 0.2) is 24.7 Å². The van der Waals surface area contributed by atoms with Crippen LogP contribution in [0.2, 0.25) is 0 Å². The highest BCUT2D eigenvalue weighted by atomic mass is 15.2. The molecule has 1 aliphatic heterocycles. The molecule has 0 amide bonds. The zero-order chi connectivity index (χ0) is 14.7. The second kappa shape index (κ2) is 6.26. The smallest absolute Gasteiger partial charge is 0.128 e. The van der Waals surface area contributed by atoms with Gasteiger partial charge in [0, 0.05) is 55.2 Å². The van der Waals surface area contributed by atoms with Crippen molar-refractivity contribution < 1.29 is 0 Å². The van der Waals surface area contributed by atoms with Crippen molar-refractivity contribution in [3.8, 4) is 0 Å². The molecule has 1 N–H and O–H groups in total. The Bertz CT molecular complexity index is 604. The number of pyridine rings is 1. The molecule has 21 heavy (non-hydrogen) atoms. The van der Waals surface area contributed by atoms with Gasteiger partial charge in [0.25, 0.3) is 0 Å². The van der Waals surface area contributed by atoms with Gasteiger partial charge in [0.1, 0.15) is 5.82 Å². The highest BCUT2D eigenvalue weighted by molar-refractivity contribution is 5.54. The van der Waals surface area contributed by atoms with E-state index >= 15 is 0 Å². The van der Waals surface area contributed by atoms with E-state index in [2.05, 4.69) is 50.9 Å². The van der Waals surface area contributed by atoms with Crippen molar-refractivity contribution in [3.63, 3.8) is 0 Å². The number of hydrogen-bond acceptors (Lipinski definition) is 4. The maximum atomic E-state index is 4.46. The Morgan fingerprint density at radius 3 is 3.05 bits per heavy atom. The van der Waals surface area contributed by atoms with E-state index in [9.17, 15) is 0 Å². The van der Waals surface area contributed by atoms with Crippen LogP contribution < -0.4 is 10.2 Å². The van der Waals surface area contributed by atoms with Crippen LogP contribution in [0.25, 0.3) is 0 Å². The third-order valence-corrected chi connectivity index (χ3v) is 3.93. The monoisotopic (exact) mass is 285 g/mol. The van der Waals surface area contributed by atoms with Crippen molar-refractivity contribution in [1.82, 2.24) is 19.9 Å². The lowest BCUT2D eigenvalue weighted by Gasteiger charge is -2.31. The van der Waals surface area contributed by atoms with Crippen LogP contribution in [0.3, 0.4) is 0 Å². The fourth-order valence-corrected chi connectivity index (χ4v) is 2.78. The Morgan fingerprint density at radius 1 is 1.29 bits per heavy atom. The number of hydrogen-bond donors (Lipinski definition) is 1. The van der Waals surface area contributed by atoms with Gasteiger partial charge in [-0.05, 0) is 26.0 Å². The van der Waals surface area contributed by atoms with Crippen molar-refractivity contribution in [2.75, 3.05) is 18.0 Å². The number of imidazole rings is 1. The number of aryl methyl sites for hydroxylation is 1. The normalized spacial score (nSPS) is 14.3. The van der Waals surface area contributed by atoms with Crippen LogP contribution in [0.4, 0.5) is 5.69 Å². The summed E-state index contributed by atoms with van der Waals surface area (Å²) in [7, 11) is 0. The van der Waals surface area contributed by atoms with Crippen molar-refractivity contribution in [2.45, 2.75) is 39.9 Å². The van der Waals surface area contributed by atoms with Crippen molar-refractivity contribution in [2.24, 2.45) is 0 Å². The lowest BCUT2D eigenvalue weighted by atomic mass is 10.1. The van der Waals surface area contributed by atoms with Gasteiger partial charge >= 0.3 is 0 Å². The average Bonchev–Trinajstić information content (AvgIpc) is 2.96.